The summed E-state index contributed by atoms with van der Waals surface area (Å²) in [6.45, 7) is 2.97. The highest BCUT2D eigenvalue weighted by molar-refractivity contribution is 5.83. The van der Waals surface area contributed by atoms with Crippen LogP contribution >= 0.6 is 0 Å². The van der Waals surface area contributed by atoms with Crippen molar-refractivity contribution in [1.29, 1.82) is 5.26 Å². The van der Waals surface area contributed by atoms with Crippen molar-refractivity contribution in [2.75, 3.05) is 0 Å². The quantitative estimate of drug-likeness (QED) is 0.366. The van der Waals surface area contributed by atoms with Gasteiger partial charge in [0.2, 0.25) is 6.19 Å². The highest BCUT2D eigenvalue weighted by Crippen LogP contribution is 2.24. The van der Waals surface area contributed by atoms with Crippen molar-refractivity contribution >= 4 is 5.84 Å². The number of aliphatic imine (C=N–C) groups is 1. The summed E-state index contributed by atoms with van der Waals surface area (Å²) < 4.78 is 13.7. The van der Waals surface area contributed by atoms with Crippen molar-refractivity contribution < 1.29 is 9.50 Å². The molecule has 0 fully saturated rings. The molecule has 0 radical (unpaired) electrons. The van der Waals surface area contributed by atoms with E-state index in [-0.39, 0.29) is 24.6 Å². The van der Waals surface area contributed by atoms with Gasteiger partial charge in [-0.15, -0.1) is 0 Å². The van der Waals surface area contributed by atoms with E-state index in [2.05, 4.69) is 4.99 Å². The number of halogens is 1. The smallest absolute Gasteiger partial charge is 0.207 e. The fourth-order valence-corrected chi connectivity index (χ4v) is 2.54. The maximum absolute atomic E-state index is 13.7. The number of rotatable bonds is 9. The van der Waals surface area contributed by atoms with Gasteiger partial charge in [0.15, 0.2) is 0 Å². The minimum absolute atomic E-state index is 0.118. The monoisotopic (exact) mass is 334 g/mol. The number of hydrogen-bond donors (Lipinski definition) is 3. The highest BCUT2D eigenvalue weighted by atomic mass is 19.1. The Morgan fingerprint density at radius 3 is 2.54 bits per heavy atom. The molecule has 24 heavy (non-hydrogen) atoms. The van der Waals surface area contributed by atoms with Crippen LogP contribution in [0.4, 0.5) is 4.39 Å². The lowest BCUT2D eigenvalue weighted by molar-refractivity contribution is 0.117. The average Bonchev–Trinajstić information content (AvgIpc) is 2.51. The van der Waals surface area contributed by atoms with Gasteiger partial charge >= 0.3 is 0 Å². The Morgan fingerprint density at radius 2 is 2.00 bits per heavy atom. The SMILES string of the molecule is CC(C)(F)CCC(CC(O)C(N)Cc1ccccc1)C(N)=NC#N. The zero-order valence-electron chi connectivity index (χ0n) is 14.3. The lowest BCUT2D eigenvalue weighted by Gasteiger charge is -2.25. The molecule has 1 aromatic carbocycles. The van der Waals surface area contributed by atoms with Crippen LogP contribution in [0, 0.1) is 17.4 Å². The number of aliphatic hydroxyl groups is 1. The molecular formula is C18H27FN4O. The van der Waals surface area contributed by atoms with Crippen molar-refractivity contribution in [3.63, 3.8) is 0 Å². The molecule has 0 saturated carbocycles. The summed E-state index contributed by atoms with van der Waals surface area (Å²) in [6.07, 6.45) is 2.27. The van der Waals surface area contributed by atoms with E-state index in [1.807, 2.05) is 30.3 Å². The molecule has 1 rings (SSSR count). The van der Waals surface area contributed by atoms with Crippen LogP contribution in [0.2, 0.25) is 0 Å². The Kier molecular flexibility index (Phi) is 7.83. The molecule has 5 N–H and O–H groups in total. The van der Waals surface area contributed by atoms with Crippen molar-refractivity contribution in [2.24, 2.45) is 22.4 Å². The molecule has 0 aromatic heterocycles. The Morgan fingerprint density at radius 1 is 1.38 bits per heavy atom. The second-order valence-corrected chi connectivity index (χ2v) is 6.75. The van der Waals surface area contributed by atoms with E-state index in [0.29, 0.717) is 12.8 Å². The number of nitrogens with zero attached hydrogens (tertiary/aromatic N) is 2. The van der Waals surface area contributed by atoms with Crippen LogP contribution in [0.3, 0.4) is 0 Å². The van der Waals surface area contributed by atoms with E-state index >= 15 is 0 Å². The number of aliphatic hydroxyl groups excluding tert-OH is 1. The predicted molar refractivity (Wildman–Crippen MR) is 93.9 cm³/mol. The third-order valence-electron chi connectivity index (χ3n) is 4.02. The number of nitrogens with two attached hydrogens (primary N) is 2. The first-order valence-electron chi connectivity index (χ1n) is 8.11. The van der Waals surface area contributed by atoms with Crippen LogP contribution in [0.25, 0.3) is 0 Å². The standard InChI is InChI=1S/C18H27FN4O/c1-18(2,19)9-8-14(17(22)23-12-20)11-16(24)15(21)10-13-6-4-3-5-7-13/h3-7,14-16,24H,8-11,21H2,1-2H3,(H2,22,23). The maximum atomic E-state index is 13.7. The molecule has 1 aromatic rings. The van der Waals surface area contributed by atoms with E-state index in [1.165, 1.54) is 13.8 Å². The average molecular weight is 334 g/mol. The second kappa shape index (κ2) is 9.36. The summed E-state index contributed by atoms with van der Waals surface area (Å²) in [4.78, 5) is 3.55. The van der Waals surface area contributed by atoms with Crippen molar-refractivity contribution in [1.82, 2.24) is 0 Å². The third-order valence-corrected chi connectivity index (χ3v) is 4.02. The highest BCUT2D eigenvalue weighted by Gasteiger charge is 2.26. The van der Waals surface area contributed by atoms with Gasteiger partial charge in [-0.25, -0.2) is 4.39 Å². The largest absolute Gasteiger partial charge is 0.391 e. The predicted octanol–water partition coefficient (Wildman–Crippen LogP) is 2.29. The summed E-state index contributed by atoms with van der Waals surface area (Å²) >= 11 is 0. The lowest BCUT2D eigenvalue weighted by atomic mass is 9.88. The molecule has 0 saturated heterocycles. The first kappa shape index (κ1) is 20.1. The van der Waals surface area contributed by atoms with E-state index in [0.717, 1.165) is 5.56 Å². The molecule has 5 nitrogen and oxygen atoms in total. The van der Waals surface area contributed by atoms with Crippen LogP contribution in [0.15, 0.2) is 35.3 Å². The van der Waals surface area contributed by atoms with E-state index in [1.54, 1.807) is 6.19 Å². The van der Waals surface area contributed by atoms with Crippen LogP contribution < -0.4 is 11.5 Å². The zero-order chi connectivity index (χ0) is 18.2. The number of amidine groups is 1. The Balaban J connectivity index is 2.70. The van der Waals surface area contributed by atoms with Gasteiger partial charge in [-0.05, 0) is 45.1 Å². The molecule has 0 aliphatic rings. The first-order valence-corrected chi connectivity index (χ1v) is 8.11. The topological polar surface area (TPSA) is 108 Å². The minimum Gasteiger partial charge on any atom is -0.391 e. The fraction of sp³-hybridized carbons (Fsp3) is 0.556. The summed E-state index contributed by atoms with van der Waals surface area (Å²) in [5, 5.41) is 19.1. The number of hydrogen-bond acceptors (Lipinski definition) is 4. The lowest BCUT2D eigenvalue weighted by Crippen LogP contribution is -2.40. The van der Waals surface area contributed by atoms with Crippen LogP contribution in [0.1, 0.15) is 38.7 Å². The first-order chi connectivity index (χ1) is 11.2. The van der Waals surface area contributed by atoms with E-state index in [4.69, 9.17) is 16.7 Å². The Labute approximate surface area is 143 Å². The van der Waals surface area contributed by atoms with Gasteiger partial charge in [-0.3, -0.25) is 0 Å². The summed E-state index contributed by atoms with van der Waals surface area (Å²) in [5.74, 6) is -0.260. The fourth-order valence-electron chi connectivity index (χ4n) is 2.54. The summed E-state index contributed by atoms with van der Waals surface area (Å²) in [5.41, 5.74) is 11.6. The van der Waals surface area contributed by atoms with Gasteiger partial charge in [0.25, 0.3) is 0 Å². The van der Waals surface area contributed by atoms with Gasteiger partial charge in [0.1, 0.15) is 11.5 Å². The van der Waals surface area contributed by atoms with Gasteiger partial charge in [0, 0.05) is 12.0 Å². The normalized spacial score (nSPS) is 16.2. The van der Waals surface area contributed by atoms with Crippen LogP contribution in [0.5, 0.6) is 0 Å². The molecule has 0 spiro atoms. The number of nitriles is 1. The number of alkyl halides is 1. The second-order valence-electron chi connectivity index (χ2n) is 6.75. The van der Waals surface area contributed by atoms with E-state index in [9.17, 15) is 9.50 Å². The summed E-state index contributed by atoms with van der Waals surface area (Å²) in [7, 11) is 0. The van der Waals surface area contributed by atoms with E-state index < -0.39 is 17.8 Å². The minimum atomic E-state index is -1.34. The van der Waals surface area contributed by atoms with Gasteiger partial charge < -0.3 is 16.6 Å². The van der Waals surface area contributed by atoms with Crippen LogP contribution in [-0.2, 0) is 6.42 Å². The molecule has 0 heterocycles. The molecule has 0 amide bonds. The Hall–Kier alpha value is -1.97. The summed E-state index contributed by atoms with van der Waals surface area (Å²) in [6, 6.07) is 9.17. The molecule has 0 aliphatic heterocycles. The third kappa shape index (κ3) is 7.53. The van der Waals surface area contributed by atoms with Crippen molar-refractivity contribution in [3.05, 3.63) is 35.9 Å². The maximum Gasteiger partial charge on any atom is 0.207 e. The van der Waals surface area contributed by atoms with Gasteiger partial charge in [-0.2, -0.15) is 10.3 Å². The van der Waals surface area contributed by atoms with Gasteiger partial charge in [0.05, 0.1) is 6.10 Å². The molecular weight excluding hydrogens is 307 g/mol. The molecule has 6 heteroatoms. The molecule has 0 aliphatic carbocycles. The van der Waals surface area contributed by atoms with Crippen LogP contribution in [-0.4, -0.2) is 28.8 Å². The number of benzene rings is 1. The van der Waals surface area contributed by atoms with Crippen molar-refractivity contribution in [3.8, 4) is 6.19 Å². The Bertz CT molecular complexity index is 563. The molecule has 3 unspecified atom stereocenters. The van der Waals surface area contributed by atoms with Crippen molar-refractivity contribution in [2.45, 2.75) is 57.3 Å². The van der Waals surface area contributed by atoms with Gasteiger partial charge in [-0.1, -0.05) is 30.3 Å². The molecule has 3 atom stereocenters. The zero-order valence-corrected chi connectivity index (χ0v) is 14.3. The molecule has 132 valence electrons. The molecule has 0 bridgehead atoms.